The molecule has 1 unspecified atom stereocenters. The van der Waals surface area contributed by atoms with E-state index in [1.807, 2.05) is 6.07 Å². The molecule has 1 spiro atoms. The molecule has 5 heteroatoms. The number of benzene rings is 2. The van der Waals surface area contributed by atoms with Gasteiger partial charge < -0.3 is 9.67 Å². The van der Waals surface area contributed by atoms with Gasteiger partial charge in [-0.05, 0) is 62.1 Å². The van der Waals surface area contributed by atoms with E-state index in [2.05, 4.69) is 40.7 Å². The van der Waals surface area contributed by atoms with E-state index in [1.165, 1.54) is 24.8 Å². The third-order valence-electron chi connectivity index (χ3n) is 6.65. The largest absolute Gasteiger partial charge is 0.478 e. The highest BCUT2D eigenvalue weighted by Gasteiger charge is 2.43. The Balaban J connectivity index is 1.43. The molecule has 1 atom stereocenters. The van der Waals surface area contributed by atoms with Gasteiger partial charge in [0.15, 0.2) is 0 Å². The van der Waals surface area contributed by atoms with E-state index < -0.39 is 5.97 Å². The van der Waals surface area contributed by atoms with Crippen molar-refractivity contribution >= 4 is 17.0 Å². The third-order valence-corrected chi connectivity index (χ3v) is 6.65. The number of aromatic nitrogens is 2. The molecular weight excluding hydrogens is 350 g/mol. The summed E-state index contributed by atoms with van der Waals surface area (Å²) in [5, 5.41) is 9.26. The molecule has 0 bridgehead atoms. The van der Waals surface area contributed by atoms with Crippen molar-refractivity contribution in [1.29, 1.82) is 0 Å². The highest BCUT2D eigenvalue weighted by molar-refractivity contribution is 5.92. The lowest BCUT2D eigenvalue weighted by atomic mass is 9.81. The van der Waals surface area contributed by atoms with Crippen LogP contribution in [0.1, 0.15) is 47.1 Å². The molecular formula is C23H25N3O2. The maximum atomic E-state index is 11.3. The van der Waals surface area contributed by atoms with E-state index in [0.717, 1.165) is 43.0 Å². The summed E-state index contributed by atoms with van der Waals surface area (Å²) in [6.45, 7) is 5.93. The van der Waals surface area contributed by atoms with Crippen LogP contribution >= 0.6 is 0 Å². The van der Waals surface area contributed by atoms with Crippen LogP contribution in [-0.4, -0.2) is 38.6 Å². The van der Waals surface area contributed by atoms with Gasteiger partial charge in [-0.1, -0.05) is 24.3 Å². The van der Waals surface area contributed by atoms with Crippen LogP contribution in [0.4, 0.5) is 0 Å². The predicted molar refractivity (Wildman–Crippen MR) is 109 cm³/mol. The van der Waals surface area contributed by atoms with E-state index in [0.29, 0.717) is 11.0 Å². The SMILES string of the molecule is CCn1c(CN2CCC3(CCc4ccccc43)C2)nc2cc(C(=O)O)ccc21. The summed E-state index contributed by atoms with van der Waals surface area (Å²) in [4.78, 5) is 18.6. The summed E-state index contributed by atoms with van der Waals surface area (Å²) in [7, 11) is 0. The van der Waals surface area contributed by atoms with E-state index in [4.69, 9.17) is 4.98 Å². The molecule has 0 radical (unpaired) electrons. The standard InChI is InChI=1S/C23H25N3O2/c1-2-26-20-8-7-17(22(27)28)13-19(20)24-21(26)14-25-12-11-23(15-25)10-9-16-5-3-4-6-18(16)23/h3-8,13H,2,9-12,14-15H2,1H3,(H,27,28). The number of fused-ring (bicyclic) bond motifs is 3. The summed E-state index contributed by atoms with van der Waals surface area (Å²) < 4.78 is 2.22. The first-order valence-corrected chi connectivity index (χ1v) is 10.1. The molecule has 28 heavy (non-hydrogen) atoms. The maximum Gasteiger partial charge on any atom is 0.335 e. The number of hydrogen-bond donors (Lipinski definition) is 1. The molecule has 1 aromatic heterocycles. The number of carboxylic acids is 1. The van der Waals surface area contributed by atoms with Crippen LogP contribution in [0, 0.1) is 0 Å². The minimum atomic E-state index is -0.907. The van der Waals surface area contributed by atoms with Crippen molar-refractivity contribution in [2.45, 2.75) is 44.7 Å². The van der Waals surface area contributed by atoms with Crippen molar-refractivity contribution in [1.82, 2.24) is 14.5 Å². The molecule has 5 rings (SSSR count). The van der Waals surface area contributed by atoms with E-state index in [1.54, 1.807) is 17.7 Å². The van der Waals surface area contributed by atoms with Crippen molar-refractivity contribution in [3.05, 3.63) is 65.0 Å². The molecule has 144 valence electrons. The Morgan fingerprint density at radius 1 is 1.21 bits per heavy atom. The number of likely N-dealkylation sites (tertiary alicyclic amines) is 1. The number of carbonyl (C=O) groups is 1. The molecule has 2 heterocycles. The monoisotopic (exact) mass is 375 g/mol. The molecule has 1 N–H and O–H groups in total. The van der Waals surface area contributed by atoms with Crippen LogP contribution in [0.15, 0.2) is 42.5 Å². The molecule has 5 nitrogen and oxygen atoms in total. The van der Waals surface area contributed by atoms with E-state index in [9.17, 15) is 9.90 Å². The average Bonchev–Trinajstić information content (AvgIpc) is 3.38. The van der Waals surface area contributed by atoms with Gasteiger partial charge in [-0.3, -0.25) is 4.90 Å². The fourth-order valence-corrected chi connectivity index (χ4v) is 5.27. The first-order chi connectivity index (χ1) is 13.6. The number of imidazole rings is 1. The maximum absolute atomic E-state index is 11.3. The van der Waals surface area contributed by atoms with E-state index in [-0.39, 0.29) is 0 Å². The number of rotatable bonds is 4. The van der Waals surface area contributed by atoms with Crippen LogP contribution in [0.3, 0.4) is 0 Å². The lowest BCUT2D eigenvalue weighted by Crippen LogP contribution is -2.29. The lowest BCUT2D eigenvalue weighted by molar-refractivity contribution is 0.0697. The summed E-state index contributed by atoms with van der Waals surface area (Å²) in [5.74, 6) is 0.124. The van der Waals surface area contributed by atoms with Gasteiger partial charge in [0.2, 0.25) is 0 Å². The van der Waals surface area contributed by atoms with Gasteiger partial charge in [0.25, 0.3) is 0 Å². The van der Waals surface area contributed by atoms with Gasteiger partial charge >= 0.3 is 5.97 Å². The fourth-order valence-electron chi connectivity index (χ4n) is 5.27. The Morgan fingerprint density at radius 2 is 2.07 bits per heavy atom. The van der Waals surface area contributed by atoms with Crippen LogP contribution < -0.4 is 0 Å². The van der Waals surface area contributed by atoms with Gasteiger partial charge in [-0.25, -0.2) is 9.78 Å². The highest BCUT2D eigenvalue weighted by Crippen LogP contribution is 2.45. The van der Waals surface area contributed by atoms with Gasteiger partial charge in [0, 0.05) is 18.5 Å². The zero-order chi connectivity index (χ0) is 19.3. The number of hydrogen-bond acceptors (Lipinski definition) is 3. The third kappa shape index (κ3) is 2.65. The normalized spacial score (nSPS) is 21.6. The Labute approximate surface area is 164 Å². The highest BCUT2D eigenvalue weighted by atomic mass is 16.4. The molecule has 1 aliphatic carbocycles. The molecule has 1 aliphatic heterocycles. The van der Waals surface area contributed by atoms with Crippen LogP contribution in [0.25, 0.3) is 11.0 Å². The molecule has 2 aliphatic rings. The van der Waals surface area contributed by atoms with Crippen molar-refractivity contribution in [3.8, 4) is 0 Å². The Bertz CT molecular complexity index is 1070. The Kier molecular flexibility index (Phi) is 4.02. The van der Waals surface area contributed by atoms with Crippen LogP contribution in [0.5, 0.6) is 0 Å². The van der Waals surface area contributed by atoms with Crippen molar-refractivity contribution in [3.63, 3.8) is 0 Å². The van der Waals surface area contributed by atoms with Gasteiger partial charge in [0.05, 0.1) is 23.1 Å². The lowest BCUT2D eigenvalue weighted by Gasteiger charge is -2.25. The van der Waals surface area contributed by atoms with E-state index >= 15 is 0 Å². The predicted octanol–water partition coefficient (Wildman–Crippen LogP) is 3.84. The second kappa shape index (κ2) is 6.45. The molecule has 0 amide bonds. The molecule has 3 aromatic rings. The molecule has 0 saturated carbocycles. The minimum Gasteiger partial charge on any atom is -0.478 e. The van der Waals surface area contributed by atoms with Crippen LogP contribution in [0.2, 0.25) is 0 Å². The molecule has 1 saturated heterocycles. The van der Waals surface area contributed by atoms with Crippen molar-refractivity contribution < 1.29 is 9.90 Å². The van der Waals surface area contributed by atoms with Gasteiger partial charge in [-0.15, -0.1) is 0 Å². The number of nitrogens with zero attached hydrogens (tertiary/aromatic N) is 3. The summed E-state index contributed by atoms with van der Waals surface area (Å²) >= 11 is 0. The topological polar surface area (TPSA) is 58.4 Å². The fraction of sp³-hybridized carbons (Fsp3) is 0.391. The molecule has 1 fully saturated rings. The van der Waals surface area contributed by atoms with Gasteiger partial charge in [0.1, 0.15) is 5.82 Å². The zero-order valence-electron chi connectivity index (χ0n) is 16.2. The first kappa shape index (κ1) is 17.4. The van der Waals surface area contributed by atoms with Gasteiger partial charge in [-0.2, -0.15) is 0 Å². The summed E-state index contributed by atoms with van der Waals surface area (Å²) in [6, 6.07) is 14.2. The van der Waals surface area contributed by atoms with Crippen molar-refractivity contribution in [2.75, 3.05) is 13.1 Å². The molecule has 2 aromatic carbocycles. The second-order valence-electron chi connectivity index (χ2n) is 8.18. The van der Waals surface area contributed by atoms with Crippen LogP contribution in [-0.2, 0) is 24.9 Å². The van der Waals surface area contributed by atoms with Crippen molar-refractivity contribution in [2.24, 2.45) is 0 Å². The minimum absolute atomic E-state index is 0.294. The summed E-state index contributed by atoms with van der Waals surface area (Å²) in [5.41, 5.74) is 5.46. The Hall–Kier alpha value is -2.66. The number of aromatic carboxylic acids is 1. The Morgan fingerprint density at radius 3 is 2.89 bits per heavy atom. The zero-order valence-corrected chi connectivity index (χ0v) is 16.2. The number of aryl methyl sites for hydroxylation is 2. The second-order valence-corrected chi connectivity index (χ2v) is 8.18. The number of carboxylic acid groups (broad SMARTS) is 1. The average molecular weight is 375 g/mol. The first-order valence-electron chi connectivity index (χ1n) is 10.1. The smallest absolute Gasteiger partial charge is 0.335 e. The summed E-state index contributed by atoms with van der Waals surface area (Å²) in [6.07, 6.45) is 3.64. The quantitative estimate of drug-likeness (QED) is 0.753.